The van der Waals surface area contributed by atoms with Crippen LogP contribution in [0, 0.1) is 0 Å². The number of anilines is 1. The van der Waals surface area contributed by atoms with E-state index in [1.807, 2.05) is 20.8 Å². The van der Waals surface area contributed by atoms with E-state index in [2.05, 4.69) is 34.1 Å². The fraction of sp³-hybridized carbons (Fsp3) is 0.562. The van der Waals surface area contributed by atoms with E-state index in [4.69, 9.17) is 0 Å². The van der Waals surface area contributed by atoms with Crippen LogP contribution in [0.4, 0.5) is 5.69 Å². The van der Waals surface area contributed by atoms with Crippen molar-refractivity contribution in [2.45, 2.75) is 52.2 Å². The SMILES string of the molecule is CC(C)NC(=O)C(C)NCc1cccc2c1NCCC2. The molecule has 1 atom stereocenters. The highest BCUT2D eigenvalue weighted by Crippen LogP contribution is 2.25. The predicted octanol–water partition coefficient (Wildman–Crippen LogP) is 2.05. The third-order valence-corrected chi connectivity index (χ3v) is 3.58. The molecule has 1 aromatic carbocycles. The van der Waals surface area contributed by atoms with Gasteiger partial charge in [-0.3, -0.25) is 4.79 Å². The van der Waals surface area contributed by atoms with Crippen molar-refractivity contribution in [2.75, 3.05) is 11.9 Å². The number of rotatable bonds is 5. The Morgan fingerprint density at radius 1 is 1.35 bits per heavy atom. The molecular weight excluding hydrogens is 250 g/mol. The van der Waals surface area contributed by atoms with Crippen molar-refractivity contribution in [3.05, 3.63) is 29.3 Å². The number of nitrogens with one attached hydrogen (secondary N) is 3. The lowest BCUT2D eigenvalue weighted by atomic mass is 9.99. The monoisotopic (exact) mass is 275 g/mol. The van der Waals surface area contributed by atoms with Crippen LogP contribution in [0.1, 0.15) is 38.3 Å². The van der Waals surface area contributed by atoms with E-state index in [9.17, 15) is 4.79 Å². The molecule has 4 nitrogen and oxygen atoms in total. The number of benzene rings is 1. The third kappa shape index (κ3) is 3.73. The van der Waals surface area contributed by atoms with Crippen molar-refractivity contribution in [2.24, 2.45) is 0 Å². The minimum Gasteiger partial charge on any atom is -0.385 e. The number of hydrogen-bond acceptors (Lipinski definition) is 3. The van der Waals surface area contributed by atoms with Crippen LogP contribution < -0.4 is 16.0 Å². The summed E-state index contributed by atoms with van der Waals surface area (Å²) in [5, 5.41) is 9.70. The van der Waals surface area contributed by atoms with Crippen LogP contribution in [0.5, 0.6) is 0 Å². The summed E-state index contributed by atoms with van der Waals surface area (Å²) < 4.78 is 0. The fourth-order valence-corrected chi connectivity index (χ4v) is 2.49. The second kappa shape index (κ2) is 6.75. The van der Waals surface area contributed by atoms with Crippen molar-refractivity contribution >= 4 is 11.6 Å². The van der Waals surface area contributed by atoms with Gasteiger partial charge in [-0.2, -0.15) is 0 Å². The molecule has 0 bridgehead atoms. The molecule has 1 aliphatic heterocycles. The maximum absolute atomic E-state index is 11.9. The highest BCUT2D eigenvalue weighted by molar-refractivity contribution is 5.81. The van der Waals surface area contributed by atoms with Gasteiger partial charge < -0.3 is 16.0 Å². The maximum atomic E-state index is 11.9. The Morgan fingerprint density at radius 2 is 2.15 bits per heavy atom. The van der Waals surface area contributed by atoms with Gasteiger partial charge in [-0.05, 0) is 44.7 Å². The van der Waals surface area contributed by atoms with Crippen molar-refractivity contribution in [3.8, 4) is 0 Å². The van der Waals surface area contributed by atoms with Crippen LogP contribution in [-0.2, 0) is 17.8 Å². The quantitative estimate of drug-likeness (QED) is 0.771. The molecule has 2 rings (SSSR count). The van der Waals surface area contributed by atoms with Gasteiger partial charge in [-0.25, -0.2) is 0 Å². The second-order valence-electron chi connectivity index (χ2n) is 5.75. The fourth-order valence-electron chi connectivity index (χ4n) is 2.49. The first kappa shape index (κ1) is 14.9. The van der Waals surface area contributed by atoms with Gasteiger partial charge in [-0.15, -0.1) is 0 Å². The van der Waals surface area contributed by atoms with Gasteiger partial charge in [0.25, 0.3) is 0 Å². The zero-order valence-electron chi connectivity index (χ0n) is 12.6. The Bertz CT molecular complexity index is 471. The smallest absolute Gasteiger partial charge is 0.237 e. The predicted molar refractivity (Wildman–Crippen MR) is 82.8 cm³/mol. The average Bonchev–Trinajstić information content (AvgIpc) is 2.44. The molecule has 20 heavy (non-hydrogen) atoms. The summed E-state index contributed by atoms with van der Waals surface area (Å²) in [6, 6.07) is 6.40. The van der Waals surface area contributed by atoms with Crippen LogP contribution >= 0.6 is 0 Å². The molecule has 1 aromatic rings. The van der Waals surface area contributed by atoms with E-state index < -0.39 is 0 Å². The van der Waals surface area contributed by atoms with E-state index in [0.29, 0.717) is 6.54 Å². The largest absolute Gasteiger partial charge is 0.385 e. The summed E-state index contributed by atoms with van der Waals surface area (Å²) in [7, 11) is 0. The molecule has 1 amide bonds. The molecule has 1 aliphatic rings. The first-order valence-corrected chi connectivity index (χ1v) is 7.46. The number of fused-ring (bicyclic) bond motifs is 1. The number of carbonyl (C=O) groups is 1. The minimum atomic E-state index is -0.183. The van der Waals surface area contributed by atoms with Crippen molar-refractivity contribution in [3.63, 3.8) is 0 Å². The molecule has 0 radical (unpaired) electrons. The number of carbonyl (C=O) groups excluding carboxylic acids is 1. The Labute approximate surface area is 121 Å². The summed E-state index contributed by atoms with van der Waals surface area (Å²) in [6.45, 7) is 7.60. The van der Waals surface area contributed by atoms with Crippen LogP contribution in [0.25, 0.3) is 0 Å². The van der Waals surface area contributed by atoms with Gasteiger partial charge >= 0.3 is 0 Å². The summed E-state index contributed by atoms with van der Waals surface area (Å²) in [5.74, 6) is 0.0535. The number of para-hydroxylation sites is 1. The first-order valence-electron chi connectivity index (χ1n) is 7.46. The Hall–Kier alpha value is -1.55. The Balaban J connectivity index is 1.96. The molecule has 0 fully saturated rings. The number of amides is 1. The van der Waals surface area contributed by atoms with Crippen LogP contribution in [0.3, 0.4) is 0 Å². The lowest BCUT2D eigenvalue weighted by Crippen LogP contribution is -2.44. The normalized spacial score (nSPS) is 15.4. The third-order valence-electron chi connectivity index (χ3n) is 3.58. The Morgan fingerprint density at radius 3 is 2.90 bits per heavy atom. The highest BCUT2D eigenvalue weighted by atomic mass is 16.2. The van der Waals surface area contributed by atoms with Gasteiger partial charge in [0, 0.05) is 24.8 Å². The summed E-state index contributed by atoms with van der Waals surface area (Å²) in [6.07, 6.45) is 2.33. The standard InChI is InChI=1S/C16H25N3O/c1-11(2)19-16(20)12(3)18-10-14-7-4-6-13-8-5-9-17-15(13)14/h4,6-7,11-12,17-18H,5,8-10H2,1-3H3,(H,19,20). The van der Waals surface area contributed by atoms with Crippen LogP contribution in [-0.4, -0.2) is 24.5 Å². The maximum Gasteiger partial charge on any atom is 0.237 e. The van der Waals surface area contributed by atoms with E-state index in [1.165, 1.54) is 23.2 Å². The van der Waals surface area contributed by atoms with Gasteiger partial charge in [0.1, 0.15) is 0 Å². The zero-order chi connectivity index (χ0) is 14.5. The molecule has 0 aliphatic carbocycles. The van der Waals surface area contributed by atoms with Gasteiger partial charge in [-0.1, -0.05) is 18.2 Å². The first-order chi connectivity index (χ1) is 9.58. The summed E-state index contributed by atoms with van der Waals surface area (Å²) in [5.41, 5.74) is 3.88. The molecule has 1 heterocycles. The number of hydrogen-bond donors (Lipinski definition) is 3. The van der Waals surface area contributed by atoms with Crippen LogP contribution in [0.15, 0.2) is 18.2 Å². The molecule has 0 aromatic heterocycles. The van der Waals surface area contributed by atoms with Crippen molar-refractivity contribution < 1.29 is 4.79 Å². The molecule has 110 valence electrons. The highest BCUT2D eigenvalue weighted by Gasteiger charge is 2.15. The van der Waals surface area contributed by atoms with Crippen molar-refractivity contribution in [1.29, 1.82) is 0 Å². The summed E-state index contributed by atoms with van der Waals surface area (Å²) >= 11 is 0. The van der Waals surface area contributed by atoms with Gasteiger partial charge in [0.2, 0.25) is 5.91 Å². The van der Waals surface area contributed by atoms with E-state index >= 15 is 0 Å². The van der Waals surface area contributed by atoms with Gasteiger partial charge in [0.15, 0.2) is 0 Å². The number of aryl methyl sites for hydroxylation is 1. The minimum absolute atomic E-state index is 0.0535. The van der Waals surface area contributed by atoms with Crippen molar-refractivity contribution in [1.82, 2.24) is 10.6 Å². The zero-order valence-corrected chi connectivity index (χ0v) is 12.6. The molecule has 0 saturated heterocycles. The van der Waals surface area contributed by atoms with E-state index in [1.54, 1.807) is 0 Å². The molecule has 3 N–H and O–H groups in total. The Kier molecular flexibility index (Phi) is 5.01. The van der Waals surface area contributed by atoms with Gasteiger partial charge in [0.05, 0.1) is 6.04 Å². The molecule has 1 unspecified atom stereocenters. The topological polar surface area (TPSA) is 53.2 Å². The van der Waals surface area contributed by atoms with Crippen LogP contribution in [0.2, 0.25) is 0 Å². The lowest BCUT2D eigenvalue weighted by molar-refractivity contribution is -0.123. The molecular formula is C16H25N3O. The van der Waals surface area contributed by atoms with E-state index in [-0.39, 0.29) is 18.0 Å². The molecule has 0 spiro atoms. The average molecular weight is 275 g/mol. The second-order valence-corrected chi connectivity index (χ2v) is 5.75. The van der Waals surface area contributed by atoms with E-state index in [0.717, 1.165) is 13.0 Å². The molecule has 4 heteroatoms. The lowest BCUT2D eigenvalue weighted by Gasteiger charge is -2.22. The molecule has 0 saturated carbocycles. The summed E-state index contributed by atoms with van der Waals surface area (Å²) in [4.78, 5) is 11.9.